The maximum atomic E-state index is 6.50. The Kier molecular flexibility index (Phi) is 7.12. The fraction of sp³-hybridized carbons (Fsp3) is 0.0250. The molecule has 0 aliphatic carbocycles. The lowest BCUT2D eigenvalue weighted by atomic mass is 9.95. The van der Waals surface area contributed by atoms with Crippen LogP contribution in [0, 0.1) is 0 Å². The van der Waals surface area contributed by atoms with Crippen LogP contribution in [-0.2, 0) is 6.42 Å². The van der Waals surface area contributed by atoms with E-state index in [1.165, 1.54) is 16.7 Å². The highest BCUT2D eigenvalue weighted by Crippen LogP contribution is 2.38. The van der Waals surface area contributed by atoms with Gasteiger partial charge in [-0.25, -0.2) is 4.99 Å². The summed E-state index contributed by atoms with van der Waals surface area (Å²) in [5, 5.41) is 2.18. The van der Waals surface area contributed by atoms with E-state index in [-0.39, 0.29) is 0 Å². The highest BCUT2D eigenvalue weighted by molar-refractivity contribution is 6.13. The monoisotopic (exact) mass is 554 g/mol. The highest BCUT2D eigenvalue weighted by atomic mass is 16.3. The minimum atomic E-state index is 0.477. The molecule has 0 amide bonds. The van der Waals surface area contributed by atoms with Crippen LogP contribution in [0.15, 0.2) is 167 Å². The van der Waals surface area contributed by atoms with Gasteiger partial charge in [0.05, 0.1) is 5.70 Å². The van der Waals surface area contributed by atoms with Gasteiger partial charge in [0.1, 0.15) is 17.0 Å². The van der Waals surface area contributed by atoms with Gasteiger partial charge in [-0.05, 0) is 58.5 Å². The molecule has 0 aliphatic heterocycles. The number of furan rings is 1. The summed E-state index contributed by atoms with van der Waals surface area (Å²) >= 11 is 0. The highest BCUT2D eigenvalue weighted by Gasteiger charge is 2.15. The third-order valence-electron chi connectivity index (χ3n) is 7.76. The number of fused-ring (bicyclic) bond motifs is 3. The maximum Gasteiger partial charge on any atom is 0.136 e. The van der Waals surface area contributed by atoms with E-state index in [9.17, 15) is 0 Å². The molecular formula is C40H30N2O. The van der Waals surface area contributed by atoms with Gasteiger partial charge in [-0.15, -0.1) is 0 Å². The molecule has 0 bridgehead atoms. The molecule has 0 atom stereocenters. The van der Waals surface area contributed by atoms with Crippen molar-refractivity contribution in [2.24, 2.45) is 10.7 Å². The number of rotatable bonds is 7. The summed E-state index contributed by atoms with van der Waals surface area (Å²) in [6.45, 7) is 0. The van der Waals surface area contributed by atoms with E-state index >= 15 is 0 Å². The van der Waals surface area contributed by atoms with Crippen LogP contribution in [0.4, 0.5) is 0 Å². The number of hydrogen-bond donors (Lipinski definition) is 1. The summed E-state index contributed by atoms with van der Waals surface area (Å²) in [4.78, 5) is 4.91. The molecule has 6 aromatic carbocycles. The van der Waals surface area contributed by atoms with E-state index in [0.717, 1.165) is 56.3 Å². The first-order chi connectivity index (χ1) is 21.2. The number of amidine groups is 1. The Bertz CT molecular complexity index is 2090. The fourth-order valence-electron chi connectivity index (χ4n) is 5.58. The van der Waals surface area contributed by atoms with Gasteiger partial charge < -0.3 is 10.2 Å². The summed E-state index contributed by atoms with van der Waals surface area (Å²) < 4.78 is 6.47. The molecule has 1 heterocycles. The van der Waals surface area contributed by atoms with Crippen LogP contribution in [-0.4, -0.2) is 5.84 Å². The summed E-state index contributed by atoms with van der Waals surface area (Å²) in [6, 6.07) is 52.0. The smallest absolute Gasteiger partial charge is 0.136 e. The van der Waals surface area contributed by atoms with Crippen LogP contribution in [0.3, 0.4) is 0 Å². The molecule has 0 aliphatic rings. The largest absolute Gasteiger partial charge is 0.456 e. The molecule has 3 nitrogen and oxygen atoms in total. The molecule has 0 fully saturated rings. The second-order valence-electron chi connectivity index (χ2n) is 10.6. The second-order valence-corrected chi connectivity index (χ2v) is 10.6. The molecule has 1 aromatic heterocycles. The number of nitrogens with zero attached hydrogens (tertiary/aromatic N) is 1. The van der Waals surface area contributed by atoms with Gasteiger partial charge in [-0.2, -0.15) is 0 Å². The topological polar surface area (TPSA) is 51.5 Å². The minimum absolute atomic E-state index is 0.477. The Morgan fingerprint density at radius 1 is 0.581 bits per heavy atom. The Hall–Kier alpha value is -5.67. The summed E-state index contributed by atoms with van der Waals surface area (Å²) in [5.41, 5.74) is 16.7. The summed E-state index contributed by atoms with van der Waals surface area (Å²) in [5.74, 6) is 0.477. The number of aliphatic imine (C=N–C) groups is 1. The van der Waals surface area contributed by atoms with Crippen LogP contribution < -0.4 is 5.73 Å². The lowest BCUT2D eigenvalue weighted by molar-refractivity contribution is 0.669. The summed E-state index contributed by atoms with van der Waals surface area (Å²) in [6.07, 6.45) is 2.87. The van der Waals surface area contributed by atoms with E-state index in [2.05, 4.69) is 109 Å². The third kappa shape index (κ3) is 5.49. The Labute approximate surface area is 251 Å². The first-order valence-corrected chi connectivity index (χ1v) is 14.5. The molecule has 2 N–H and O–H groups in total. The predicted molar refractivity (Wildman–Crippen MR) is 180 cm³/mol. The Morgan fingerprint density at radius 3 is 2.05 bits per heavy atom. The third-order valence-corrected chi connectivity index (χ3v) is 7.76. The van der Waals surface area contributed by atoms with Crippen molar-refractivity contribution in [3.63, 3.8) is 0 Å². The van der Waals surface area contributed by atoms with E-state index in [1.807, 2.05) is 48.5 Å². The quantitative estimate of drug-likeness (QED) is 0.157. The van der Waals surface area contributed by atoms with Crippen molar-refractivity contribution in [2.45, 2.75) is 6.42 Å². The van der Waals surface area contributed by atoms with Crippen molar-refractivity contribution < 1.29 is 4.42 Å². The predicted octanol–water partition coefficient (Wildman–Crippen LogP) is 9.91. The molecule has 206 valence electrons. The van der Waals surface area contributed by atoms with Gasteiger partial charge in [0.15, 0.2) is 0 Å². The van der Waals surface area contributed by atoms with Crippen molar-refractivity contribution in [3.8, 4) is 22.3 Å². The lowest BCUT2D eigenvalue weighted by Crippen LogP contribution is -2.13. The fourth-order valence-corrected chi connectivity index (χ4v) is 5.58. The van der Waals surface area contributed by atoms with Crippen molar-refractivity contribution in [1.82, 2.24) is 0 Å². The average molecular weight is 555 g/mol. The van der Waals surface area contributed by atoms with Gasteiger partial charge in [0, 0.05) is 21.9 Å². The van der Waals surface area contributed by atoms with Crippen molar-refractivity contribution in [2.75, 3.05) is 0 Å². The maximum absolute atomic E-state index is 6.50. The van der Waals surface area contributed by atoms with E-state index in [0.29, 0.717) is 5.84 Å². The normalized spacial score (nSPS) is 12.2. The van der Waals surface area contributed by atoms with E-state index in [4.69, 9.17) is 15.1 Å². The molecule has 43 heavy (non-hydrogen) atoms. The van der Waals surface area contributed by atoms with Crippen LogP contribution in [0.1, 0.15) is 16.7 Å². The molecule has 0 saturated heterocycles. The zero-order valence-electron chi connectivity index (χ0n) is 23.7. The van der Waals surface area contributed by atoms with Crippen LogP contribution in [0.2, 0.25) is 0 Å². The van der Waals surface area contributed by atoms with Crippen LogP contribution in [0.5, 0.6) is 0 Å². The Balaban J connectivity index is 1.32. The minimum Gasteiger partial charge on any atom is -0.456 e. The molecule has 0 spiro atoms. The van der Waals surface area contributed by atoms with Crippen LogP contribution in [0.25, 0.3) is 49.9 Å². The van der Waals surface area contributed by atoms with Gasteiger partial charge in [0.2, 0.25) is 0 Å². The molecule has 7 aromatic rings. The number of benzene rings is 6. The molecule has 0 saturated carbocycles. The summed E-state index contributed by atoms with van der Waals surface area (Å²) in [7, 11) is 0. The first-order valence-electron chi connectivity index (χ1n) is 14.5. The molecule has 0 unspecified atom stereocenters. The van der Waals surface area contributed by atoms with E-state index < -0.39 is 0 Å². The average Bonchev–Trinajstić information content (AvgIpc) is 3.46. The van der Waals surface area contributed by atoms with Crippen LogP contribution >= 0.6 is 0 Å². The van der Waals surface area contributed by atoms with Gasteiger partial charge in [0.25, 0.3) is 0 Å². The molecule has 7 rings (SSSR count). The number of nitrogens with two attached hydrogens (primary N) is 1. The molecular weight excluding hydrogens is 524 g/mol. The molecule has 0 radical (unpaired) electrons. The molecule has 3 heteroatoms. The van der Waals surface area contributed by atoms with Gasteiger partial charge in [-0.3, -0.25) is 0 Å². The van der Waals surface area contributed by atoms with Crippen molar-refractivity contribution in [3.05, 3.63) is 174 Å². The van der Waals surface area contributed by atoms with Crippen molar-refractivity contribution in [1.29, 1.82) is 0 Å². The second kappa shape index (κ2) is 11.7. The van der Waals surface area contributed by atoms with Gasteiger partial charge in [-0.1, -0.05) is 133 Å². The Morgan fingerprint density at radius 2 is 1.26 bits per heavy atom. The van der Waals surface area contributed by atoms with Crippen molar-refractivity contribution >= 4 is 33.5 Å². The standard InChI is InChI=1S/C40H30N2O/c41-40(30-16-8-3-9-17-30)42-36(25-22-28-12-4-1-5-13-28)33-23-24-35-38(27-33)43-37-21-11-20-34(39(35)37)32-19-10-18-31(26-32)29-14-6-2-7-15-29/h1-21,23-27H,22H2,(H2,41,42)/b36-25-. The zero-order chi connectivity index (χ0) is 29.0. The number of hydrogen-bond acceptors (Lipinski definition) is 2. The van der Waals surface area contributed by atoms with Gasteiger partial charge >= 0.3 is 0 Å². The zero-order valence-corrected chi connectivity index (χ0v) is 23.7. The SMILES string of the molecule is N/C(=N\C(=C/Cc1ccccc1)c1ccc2c(c1)oc1cccc(-c3cccc(-c4ccccc4)c3)c12)c1ccccc1. The lowest BCUT2D eigenvalue weighted by Gasteiger charge is -2.08. The van der Waals surface area contributed by atoms with E-state index in [1.54, 1.807) is 0 Å². The first kappa shape index (κ1) is 26.2. The number of allylic oxidation sites excluding steroid dienone is 1.